The van der Waals surface area contributed by atoms with E-state index in [1.807, 2.05) is 11.6 Å². The number of hydrogen-bond acceptors (Lipinski definition) is 6. The number of rotatable bonds is 7. The summed E-state index contributed by atoms with van der Waals surface area (Å²) in [5, 5.41) is 6.69. The molecule has 10 heteroatoms. The number of benzene rings is 1. The fourth-order valence-electron chi connectivity index (χ4n) is 1.83. The summed E-state index contributed by atoms with van der Waals surface area (Å²) in [6.45, 7) is 2.37. The predicted molar refractivity (Wildman–Crippen MR) is 95.1 cm³/mol. The molecule has 0 saturated heterocycles. The number of hydrogen-bond donors (Lipinski definition) is 3. The third kappa shape index (κ3) is 5.54. The molecule has 1 heterocycles. The van der Waals surface area contributed by atoms with Crippen LogP contribution in [-0.4, -0.2) is 31.9 Å². The van der Waals surface area contributed by atoms with Gasteiger partial charge in [0, 0.05) is 17.6 Å². The Balaban J connectivity index is 1.98. The highest BCUT2D eigenvalue weighted by Crippen LogP contribution is 2.15. The van der Waals surface area contributed by atoms with Crippen molar-refractivity contribution < 1.29 is 18.0 Å². The van der Waals surface area contributed by atoms with Crippen LogP contribution >= 0.6 is 11.3 Å². The van der Waals surface area contributed by atoms with Crippen LogP contribution in [0.2, 0.25) is 0 Å². The van der Waals surface area contributed by atoms with Crippen LogP contribution in [0.15, 0.2) is 40.1 Å². The van der Waals surface area contributed by atoms with Gasteiger partial charge in [-0.05, 0) is 30.7 Å². The Bertz CT molecular complexity index is 818. The van der Waals surface area contributed by atoms with E-state index in [2.05, 4.69) is 15.6 Å². The van der Waals surface area contributed by atoms with Gasteiger partial charge in [0.1, 0.15) is 5.69 Å². The molecule has 0 bridgehead atoms. The van der Waals surface area contributed by atoms with Crippen molar-refractivity contribution in [3.63, 3.8) is 0 Å². The number of carbonyl (C=O) groups is 2. The molecule has 0 atom stereocenters. The second-order valence-electron chi connectivity index (χ2n) is 5.07. The van der Waals surface area contributed by atoms with Crippen LogP contribution in [0.3, 0.4) is 0 Å². The van der Waals surface area contributed by atoms with E-state index in [1.54, 1.807) is 10.9 Å². The van der Waals surface area contributed by atoms with Crippen LogP contribution in [0.5, 0.6) is 0 Å². The first-order chi connectivity index (χ1) is 11.9. The highest BCUT2D eigenvalue weighted by molar-refractivity contribution is 7.90. The van der Waals surface area contributed by atoms with Gasteiger partial charge in [0.05, 0.1) is 10.4 Å². The Morgan fingerprint density at radius 1 is 1.20 bits per heavy atom. The number of urea groups is 1. The lowest BCUT2D eigenvalue weighted by molar-refractivity contribution is 0.102. The molecule has 134 valence electrons. The van der Waals surface area contributed by atoms with Gasteiger partial charge in [-0.15, -0.1) is 11.3 Å². The molecule has 0 saturated carbocycles. The lowest BCUT2D eigenvalue weighted by Gasteiger charge is -2.09. The van der Waals surface area contributed by atoms with Gasteiger partial charge in [0.15, 0.2) is 0 Å². The normalized spacial score (nSPS) is 10.9. The number of nitrogens with one attached hydrogen (secondary N) is 3. The molecule has 0 radical (unpaired) electrons. The van der Waals surface area contributed by atoms with E-state index in [0.29, 0.717) is 12.2 Å². The van der Waals surface area contributed by atoms with Crippen molar-refractivity contribution >= 4 is 39.0 Å². The van der Waals surface area contributed by atoms with E-state index < -0.39 is 16.1 Å². The summed E-state index contributed by atoms with van der Waals surface area (Å²) in [7, 11) is -3.97. The second kappa shape index (κ2) is 8.58. The molecule has 8 nitrogen and oxygen atoms in total. The van der Waals surface area contributed by atoms with Gasteiger partial charge in [-0.3, -0.25) is 4.79 Å². The van der Waals surface area contributed by atoms with Crippen LogP contribution in [0.25, 0.3) is 0 Å². The molecule has 1 aromatic heterocycles. The number of nitrogens with zero attached hydrogens (tertiary/aromatic N) is 1. The van der Waals surface area contributed by atoms with Gasteiger partial charge in [0.2, 0.25) is 0 Å². The molecule has 0 aliphatic heterocycles. The average Bonchev–Trinajstić information content (AvgIpc) is 3.10. The van der Waals surface area contributed by atoms with Crippen molar-refractivity contribution in [2.45, 2.75) is 24.7 Å². The molecule has 1 aromatic carbocycles. The van der Waals surface area contributed by atoms with E-state index in [-0.39, 0.29) is 16.5 Å². The third-order valence-corrected chi connectivity index (χ3v) is 5.06. The average molecular weight is 382 g/mol. The molecule has 0 aliphatic carbocycles. The fraction of sp³-hybridized carbons (Fsp3) is 0.267. The Kier molecular flexibility index (Phi) is 6.48. The molecule has 2 rings (SSSR count). The maximum Gasteiger partial charge on any atom is 0.328 e. The summed E-state index contributed by atoms with van der Waals surface area (Å²) in [6.07, 6.45) is 1.65. The highest BCUT2D eigenvalue weighted by atomic mass is 32.2. The number of amides is 3. The molecule has 25 heavy (non-hydrogen) atoms. The van der Waals surface area contributed by atoms with E-state index in [0.717, 1.165) is 12.8 Å². The topological polar surface area (TPSA) is 117 Å². The number of carbonyl (C=O) groups excluding carboxylic acids is 2. The monoisotopic (exact) mass is 382 g/mol. The van der Waals surface area contributed by atoms with Crippen LogP contribution in [0, 0.1) is 0 Å². The van der Waals surface area contributed by atoms with Crippen molar-refractivity contribution in [1.29, 1.82) is 0 Å². The minimum atomic E-state index is -3.97. The van der Waals surface area contributed by atoms with Gasteiger partial charge in [-0.25, -0.2) is 22.9 Å². The molecule has 3 amide bonds. The SMILES string of the molecule is CCCCNC(=O)NS(=O)(=O)c1ccc(NC(=O)c2cscn2)cc1. The van der Waals surface area contributed by atoms with Gasteiger partial charge in [0.25, 0.3) is 15.9 Å². The standard InChI is InChI=1S/C15H18N4O4S2/c1-2-3-8-16-15(21)19-25(22,23)12-6-4-11(5-7-12)18-14(20)13-9-24-10-17-13/h4-7,9-10H,2-3,8H2,1H3,(H,18,20)(H2,16,19,21). The van der Waals surface area contributed by atoms with Crippen LogP contribution < -0.4 is 15.4 Å². The maximum absolute atomic E-state index is 12.1. The molecule has 3 N–H and O–H groups in total. The lowest BCUT2D eigenvalue weighted by atomic mass is 10.3. The van der Waals surface area contributed by atoms with Crippen molar-refractivity contribution in [2.75, 3.05) is 11.9 Å². The molecular formula is C15H18N4O4S2. The van der Waals surface area contributed by atoms with Crippen LogP contribution in [-0.2, 0) is 10.0 Å². The van der Waals surface area contributed by atoms with Crippen molar-refractivity contribution in [1.82, 2.24) is 15.0 Å². The largest absolute Gasteiger partial charge is 0.337 e. The number of sulfonamides is 1. The first kappa shape index (κ1) is 18.9. The number of anilines is 1. The van der Waals surface area contributed by atoms with E-state index in [1.165, 1.54) is 35.6 Å². The highest BCUT2D eigenvalue weighted by Gasteiger charge is 2.17. The molecule has 0 spiro atoms. The molecular weight excluding hydrogens is 364 g/mol. The second-order valence-corrected chi connectivity index (χ2v) is 7.47. The number of thiazole rings is 1. The van der Waals surface area contributed by atoms with E-state index in [4.69, 9.17) is 0 Å². The molecule has 0 unspecified atom stereocenters. The first-order valence-electron chi connectivity index (χ1n) is 7.52. The Morgan fingerprint density at radius 3 is 2.52 bits per heavy atom. The van der Waals surface area contributed by atoms with Gasteiger partial charge in [-0.1, -0.05) is 13.3 Å². The number of unbranched alkanes of at least 4 members (excludes halogenated alkanes) is 1. The van der Waals surface area contributed by atoms with Crippen molar-refractivity contribution in [3.05, 3.63) is 40.8 Å². The Labute approximate surface area is 149 Å². The minimum absolute atomic E-state index is 0.0789. The maximum atomic E-state index is 12.1. The van der Waals surface area contributed by atoms with Gasteiger partial charge in [-0.2, -0.15) is 0 Å². The summed E-state index contributed by atoms with van der Waals surface area (Å²) in [5.74, 6) is -0.384. The molecule has 2 aromatic rings. The molecule has 0 aliphatic rings. The predicted octanol–water partition coefficient (Wildman–Crippen LogP) is 2.18. The lowest BCUT2D eigenvalue weighted by Crippen LogP contribution is -2.39. The van der Waals surface area contributed by atoms with E-state index >= 15 is 0 Å². The minimum Gasteiger partial charge on any atom is -0.337 e. The zero-order valence-corrected chi connectivity index (χ0v) is 15.1. The van der Waals surface area contributed by atoms with Crippen molar-refractivity contribution in [2.24, 2.45) is 0 Å². The zero-order valence-electron chi connectivity index (χ0n) is 13.5. The molecule has 0 fully saturated rings. The van der Waals surface area contributed by atoms with E-state index in [9.17, 15) is 18.0 Å². The smallest absolute Gasteiger partial charge is 0.328 e. The Morgan fingerprint density at radius 2 is 1.92 bits per heavy atom. The summed E-state index contributed by atoms with van der Waals surface area (Å²) < 4.78 is 26.2. The summed E-state index contributed by atoms with van der Waals surface area (Å²) in [5.41, 5.74) is 2.25. The van der Waals surface area contributed by atoms with Crippen LogP contribution in [0.4, 0.5) is 10.5 Å². The summed E-state index contributed by atoms with van der Waals surface area (Å²) in [4.78, 5) is 27.3. The van der Waals surface area contributed by atoms with Crippen LogP contribution in [0.1, 0.15) is 30.3 Å². The van der Waals surface area contributed by atoms with Gasteiger partial charge >= 0.3 is 6.03 Å². The Hall–Kier alpha value is -2.46. The first-order valence-corrected chi connectivity index (χ1v) is 9.95. The summed E-state index contributed by atoms with van der Waals surface area (Å²) in [6, 6.07) is 4.72. The zero-order chi connectivity index (χ0) is 18.3. The number of aromatic nitrogens is 1. The third-order valence-electron chi connectivity index (χ3n) is 3.13. The quantitative estimate of drug-likeness (QED) is 0.635. The fourth-order valence-corrected chi connectivity index (χ4v) is 3.29. The van der Waals surface area contributed by atoms with Crippen molar-refractivity contribution in [3.8, 4) is 0 Å². The van der Waals surface area contributed by atoms with Gasteiger partial charge < -0.3 is 10.6 Å². The summed E-state index contributed by atoms with van der Waals surface area (Å²) >= 11 is 1.30.